The summed E-state index contributed by atoms with van der Waals surface area (Å²) in [6.07, 6.45) is 0.285. The van der Waals surface area contributed by atoms with Crippen LogP contribution in [0.25, 0.3) is 0 Å². The van der Waals surface area contributed by atoms with Crippen LogP contribution in [0.3, 0.4) is 0 Å². The van der Waals surface area contributed by atoms with Crippen LogP contribution in [-0.2, 0) is 24.2 Å². The minimum Gasteiger partial charge on any atom is -0.399 e. The maximum atomic E-state index is 12.6. The zero-order valence-corrected chi connectivity index (χ0v) is 15.0. The minimum absolute atomic E-state index is 0.0126. The van der Waals surface area contributed by atoms with Crippen LogP contribution in [0.2, 0.25) is 0 Å². The summed E-state index contributed by atoms with van der Waals surface area (Å²) in [6, 6.07) is 5.53. The number of rotatable bonds is 3. The van der Waals surface area contributed by atoms with E-state index in [4.69, 9.17) is 5.73 Å². The Kier molecular flexibility index (Phi) is 5.46. The number of nitrogen functional groups attached to an aromatic ring is 1. The van der Waals surface area contributed by atoms with Gasteiger partial charge < -0.3 is 10.6 Å². The Hall–Kier alpha value is -2.42. The van der Waals surface area contributed by atoms with Crippen molar-refractivity contribution in [2.75, 3.05) is 28.7 Å². The first-order valence-electron chi connectivity index (χ1n) is 7.88. The molecule has 1 aromatic carbocycles. The Morgan fingerprint density at radius 2 is 1.92 bits per heavy atom. The van der Waals surface area contributed by atoms with Crippen LogP contribution in [0.1, 0.15) is 20.3 Å². The number of hydrogen-bond acceptors (Lipinski definition) is 6. The van der Waals surface area contributed by atoms with Crippen molar-refractivity contribution < 1.29 is 22.8 Å². The van der Waals surface area contributed by atoms with Gasteiger partial charge in [0.25, 0.3) is 0 Å². The molecule has 8 nitrogen and oxygen atoms in total. The molecule has 0 radical (unpaired) electrons. The van der Waals surface area contributed by atoms with Crippen molar-refractivity contribution in [3.05, 3.63) is 24.3 Å². The molecule has 2 rings (SSSR count). The second-order valence-corrected chi connectivity index (χ2v) is 8.13. The first kappa shape index (κ1) is 18.9. The molecule has 0 aliphatic carbocycles. The lowest BCUT2D eigenvalue weighted by molar-refractivity contribution is -0.146. The largest absolute Gasteiger partial charge is 0.399 e. The van der Waals surface area contributed by atoms with Crippen LogP contribution in [-0.4, -0.2) is 55.1 Å². The van der Waals surface area contributed by atoms with Crippen LogP contribution < -0.4 is 10.6 Å². The van der Waals surface area contributed by atoms with Crippen molar-refractivity contribution in [1.29, 1.82) is 0 Å². The topological polar surface area (TPSA) is 118 Å². The van der Waals surface area contributed by atoms with E-state index in [-0.39, 0.29) is 30.2 Å². The Bertz CT molecular complexity index is 806. The van der Waals surface area contributed by atoms with Gasteiger partial charge in [0.1, 0.15) is 0 Å². The Morgan fingerprint density at radius 1 is 1.24 bits per heavy atom. The van der Waals surface area contributed by atoms with Crippen molar-refractivity contribution in [3.8, 4) is 0 Å². The highest BCUT2D eigenvalue weighted by molar-refractivity contribution is 7.91. The quantitative estimate of drug-likeness (QED) is 0.602. The highest BCUT2D eigenvalue weighted by Gasteiger charge is 2.38. The van der Waals surface area contributed by atoms with Gasteiger partial charge in [-0.15, -0.1) is 0 Å². The first-order chi connectivity index (χ1) is 11.7. The van der Waals surface area contributed by atoms with E-state index in [0.717, 1.165) is 4.90 Å². The zero-order valence-electron chi connectivity index (χ0n) is 14.1. The van der Waals surface area contributed by atoms with E-state index >= 15 is 0 Å². The molecule has 9 heteroatoms. The molecule has 1 aliphatic heterocycles. The Labute approximate surface area is 146 Å². The van der Waals surface area contributed by atoms with E-state index in [9.17, 15) is 22.8 Å². The summed E-state index contributed by atoms with van der Waals surface area (Å²) in [4.78, 5) is 39.2. The summed E-state index contributed by atoms with van der Waals surface area (Å²) in [6.45, 7) is 3.01. The summed E-state index contributed by atoms with van der Waals surface area (Å²) in [5, 5.41) is 0. The number of anilines is 2. The lowest BCUT2D eigenvalue weighted by atomic mass is 10.2. The average Bonchev–Trinajstić information content (AvgIpc) is 2.87. The number of likely N-dealkylation sites (N-methyl/N-ethyl adjacent to an activating group) is 1. The highest BCUT2D eigenvalue weighted by Crippen LogP contribution is 2.21. The van der Waals surface area contributed by atoms with E-state index in [1.807, 2.05) is 0 Å². The number of nitrogens with zero attached hydrogens (tertiary/aromatic N) is 2. The van der Waals surface area contributed by atoms with E-state index < -0.39 is 33.6 Å². The third kappa shape index (κ3) is 4.16. The third-order valence-corrected chi connectivity index (χ3v) is 5.83. The smallest absolute Gasteiger partial charge is 0.323 e. The number of imide groups is 1. The van der Waals surface area contributed by atoms with Gasteiger partial charge in [0.05, 0.1) is 17.2 Å². The van der Waals surface area contributed by atoms with Crippen LogP contribution in [0.4, 0.5) is 11.4 Å². The fraction of sp³-hybridized carbons (Fsp3) is 0.438. The van der Waals surface area contributed by atoms with Crippen molar-refractivity contribution in [1.82, 2.24) is 4.90 Å². The van der Waals surface area contributed by atoms with Crippen molar-refractivity contribution in [3.63, 3.8) is 0 Å². The van der Waals surface area contributed by atoms with Crippen molar-refractivity contribution in [2.24, 2.45) is 0 Å². The number of amides is 3. The molecule has 1 fully saturated rings. The van der Waals surface area contributed by atoms with E-state index in [0.29, 0.717) is 5.69 Å². The molecule has 1 aliphatic rings. The van der Waals surface area contributed by atoms with Crippen LogP contribution >= 0.6 is 0 Å². The number of nitrogens with two attached hydrogens (primary N) is 1. The van der Waals surface area contributed by atoms with E-state index in [2.05, 4.69) is 0 Å². The van der Waals surface area contributed by atoms with Gasteiger partial charge in [-0.3, -0.25) is 14.4 Å². The second kappa shape index (κ2) is 7.22. The average molecular weight is 367 g/mol. The maximum absolute atomic E-state index is 12.6. The minimum atomic E-state index is -3.21. The monoisotopic (exact) mass is 367 g/mol. The zero-order chi connectivity index (χ0) is 18.8. The number of carbonyl (C=O) groups excluding carboxylic acids is 3. The van der Waals surface area contributed by atoms with Crippen molar-refractivity contribution in [2.45, 2.75) is 26.3 Å². The lowest BCUT2D eigenvalue weighted by Gasteiger charge is -2.28. The van der Waals surface area contributed by atoms with E-state index in [1.54, 1.807) is 19.1 Å². The number of hydrogen-bond donors (Lipinski definition) is 1. The van der Waals surface area contributed by atoms with Gasteiger partial charge in [-0.2, -0.15) is 0 Å². The summed E-state index contributed by atoms with van der Waals surface area (Å²) in [5.41, 5.74) is 6.22. The molecule has 0 saturated carbocycles. The Morgan fingerprint density at radius 3 is 2.40 bits per heavy atom. The second-order valence-electron chi connectivity index (χ2n) is 5.90. The summed E-state index contributed by atoms with van der Waals surface area (Å²) in [5.74, 6) is -2.73. The van der Waals surface area contributed by atoms with Gasteiger partial charge >= 0.3 is 11.8 Å². The van der Waals surface area contributed by atoms with Gasteiger partial charge in [0.2, 0.25) is 5.91 Å². The lowest BCUT2D eigenvalue weighted by Crippen LogP contribution is -2.51. The summed E-state index contributed by atoms with van der Waals surface area (Å²) in [7, 11) is -3.21. The highest BCUT2D eigenvalue weighted by atomic mass is 32.2. The van der Waals surface area contributed by atoms with Crippen molar-refractivity contribution >= 4 is 38.9 Å². The van der Waals surface area contributed by atoms with Crippen LogP contribution in [0.5, 0.6) is 0 Å². The molecule has 0 spiro atoms. The fourth-order valence-electron chi connectivity index (χ4n) is 2.91. The SMILES string of the molecule is CCN(C(=O)C(=O)N(C(C)=O)c1cccc(N)c1)C1CCS(=O)(=O)C1. The predicted molar refractivity (Wildman–Crippen MR) is 93.5 cm³/mol. The normalized spacial score (nSPS) is 18.6. The molecule has 25 heavy (non-hydrogen) atoms. The predicted octanol–water partition coefficient (Wildman–Crippen LogP) is 0.184. The number of sulfone groups is 1. The van der Waals surface area contributed by atoms with Gasteiger partial charge in [0, 0.05) is 25.2 Å². The first-order valence-corrected chi connectivity index (χ1v) is 9.70. The molecule has 136 valence electrons. The molecule has 1 heterocycles. The van der Waals surface area contributed by atoms with Gasteiger partial charge in [-0.05, 0) is 31.5 Å². The molecule has 2 N–H and O–H groups in total. The fourth-order valence-corrected chi connectivity index (χ4v) is 4.64. The number of benzene rings is 1. The van der Waals surface area contributed by atoms with Gasteiger partial charge in [0.15, 0.2) is 9.84 Å². The molecular weight excluding hydrogens is 346 g/mol. The Balaban J connectivity index is 2.28. The maximum Gasteiger partial charge on any atom is 0.323 e. The van der Waals surface area contributed by atoms with Crippen LogP contribution in [0.15, 0.2) is 24.3 Å². The molecule has 0 aromatic heterocycles. The standard InChI is InChI=1S/C16H21N3O5S/c1-3-18(14-7-8-25(23,24)10-14)15(21)16(22)19(11(2)20)13-6-4-5-12(17)9-13/h4-6,9,14H,3,7-8,10,17H2,1-2H3. The molecule has 1 atom stereocenters. The van der Waals surface area contributed by atoms with Crippen LogP contribution in [0, 0.1) is 0 Å². The summed E-state index contributed by atoms with van der Waals surface area (Å²) < 4.78 is 23.3. The molecule has 0 bridgehead atoms. The third-order valence-electron chi connectivity index (χ3n) is 4.08. The molecular formula is C16H21N3O5S. The van der Waals surface area contributed by atoms with Gasteiger partial charge in [-0.1, -0.05) is 6.07 Å². The molecule has 3 amide bonds. The van der Waals surface area contributed by atoms with Gasteiger partial charge in [-0.25, -0.2) is 13.3 Å². The molecule has 1 unspecified atom stereocenters. The van der Waals surface area contributed by atoms with E-state index in [1.165, 1.54) is 24.0 Å². The molecule has 1 aromatic rings. The molecule has 1 saturated heterocycles. The number of carbonyl (C=O) groups is 3. The summed E-state index contributed by atoms with van der Waals surface area (Å²) >= 11 is 0.